The molecule has 1 aromatic carbocycles. The van der Waals surface area contributed by atoms with E-state index in [2.05, 4.69) is 0 Å². The van der Waals surface area contributed by atoms with Crippen LogP contribution in [0, 0.1) is 5.82 Å². The largest absolute Gasteiger partial charge is 0.343 e. The molecule has 1 aliphatic rings. The van der Waals surface area contributed by atoms with Crippen molar-refractivity contribution in [3.8, 4) is 0 Å². The molecule has 0 bridgehead atoms. The maximum Gasteiger partial charge on any atom is 0.331 e. The quantitative estimate of drug-likeness (QED) is 0.599. The van der Waals surface area contributed by atoms with Crippen molar-refractivity contribution in [2.75, 3.05) is 13.1 Å². The molecule has 0 unspecified atom stereocenters. The van der Waals surface area contributed by atoms with E-state index in [0.717, 1.165) is 36.9 Å². The van der Waals surface area contributed by atoms with Crippen LogP contribution in [0.25, 0.3) is 10.2 Å². The summed E-state index contributed by atoms with van der Waals surface area (Å²) < 4.78 is 16.4. The summed E-state index contributed by atoms with van der Waals surface area (Å²) in [5.41, 5.74) is 0.187. The van der Waals surface area contributed by atoms with Gasteiger partial charge in [-0.2, -0.15) is 0 Å². The van der Waals surface area contributed by atoms with Crippen LogP contribution in [0.3, 0.4) is 0 Å². The second kappa shape index (κ2) is 8.73. The molecule has 1 fully saturated rings. The molecule has 0 spiro atoms. The molecular formula is C21H21ClFN3O3S. The van der Waals surface area contributed by atoms with Gasteiger partial charge in [-0.15, -0.1) is 11.3 Å². The summed E-state index contributed by atoms with van der Waals surface area (Å²) >= 11 is 7.39. The fourth-order valence-corrected chi connectivity index (χ4v) is 4.88. The lowest BCUT2D eigenvalue weighted by atomic mass is 10.1. The number of hydrogen-bond acceptors (Lipinski definition) is 4. The number of piperidine rings is 1. The minimum Gasteiger partial charge on any atom is -0.343 e. The molecule has 30 heavy (non-hydrogen) atoms. The molecular weight excluding hydrogens is 429 g/mol. The molecule has 6 nitrogen and oxygen atoms in total. The van der Waals surface area contributed by atoms with Gasteiger partial charge in [0.05, 0.1) is 12.1 Å². The molecule has 2 aromatic heterocycles. The predicted molar refractivity (Wildman–Crippen MR) is 116 cm³/mol. The lowest BCUT2D eigenvalue weighted by Crippen LogP contribution is -2.42. The van der Waals surface area contributed by atoms with E-state index in [0.29, 0.717) is 15.8 Å². The molecule has 0 atom stereocenters. The predicted octanol–water partition coefficient (Wildman–Crippen LogP) is 3.47. The average molecular weight is 450 g/mol. The number of rotatable bonds is 5. The van der Waals surface area contributed by atoms with Gasteiger partial charge in [0.2, 0.25) is 5.91 Å². The minimum atomic E-state index is -0.502. The summed E-state index contributed by atoms with van der Waals surface area (Å²) in [5.74, 6) is -0.502. The number of carbonyl (C=O) groups excluding carboxylic acids is 1. The Morgan fingerprint density at radius 1 is 1.10 bits per heavy atom. The fraction of sp³-hybridized carbons (Fsp3) is 0.381. The van der Waals surface area contributed by atoms with E-state index < -0.39 is 17.1 Å². The standard InChI is InChI=1S/C21H21ClFN3O3S/c22-16-12-15(23)5-4-14(16)13-26-17-7-11-30-19(17)20(28)25(21(26)29)10-6-18(27)24-8-2-1-3-9-24/h4-5,7,11-12H,1-3,6,8-10,13H2. The number of nitrogens with zero attached hydrogens (tertiary/aromatic N) is 3. The molecule has 0 radical (unpaired) electrons. The van der Waals surface area contributed by atoms with Gasteiger partial charge in [0.15, 0.2) is 0 Å². The SMILES string of the molecule is O=C(CCn1c(=O)c2sccc2n(Cc2ccc(F)cc2Cl)c1=O)N1CCCCC1. The lowest BCUT2D eigenvalue weighted by molar-refractivity contribution is -0.132. The molecule has 1 saturated heterocycles. The van der Waals surface area contributed by atoms with Crippen LogP contribution in [-0.4, -0.2) is 33.0 Å². The van der Waals surface area contributed by atoms with Crippen molar-refractivity contribution in [3.63, 3.8) is 0 Å². The zero-order valence-electron chi connectivity index (χ0n) is 16.3. The lowest BCUT2D eigenvalue weighted by Gasteiger charge is -2.26. The molecule has 3 aromatic rings. The maximum absolute atomic E-state index is 13.4. The van der Waals surface area contributed by atoms with Gasteiger partial charge in [0, 0.05) is 31.1 Å². The Balaban J connectivity index is 1.67. The van der Waals surface area contributed by atoms with Gasteiger partial charge in [-0.05, 0) is 48.4 Å². The first-order chi connectivity index (χ1) is 14.5. The van der Waals surface area contributed by atoms with Gasteiger partial charge in [-0.25, -0.2) is 9.18 Å². The highest BCUT2D eigenvalue weighted by Gasteiger charge is 2.19. The summed E-state index contributed by atoms with van der Waals surface area (Å²) in [5, 5.41) is 1.96. The minimum absolute atomic E-state index is 0.0258. The van der Waals surface area contributed by atoms with Gasteiger partial charge in [-0.3, -0.25) is 18.7 Å². The van der Waals surface area contributed by atoms with Crippen molar-refractivity contribution in [1.82, 2.24) is 14.0 Å². The third-order valence-electron chi connectivity index (χ3n) is 5.44. The van der Waals surface area contributed by atoms with Gasteiger partial charge in [0.25, 0.3) is 5.56 Å². The Morgan fingerprint density at radius 3 is 2.60 bits per heavy atom. The number of thiophene rings is 1. The molecule has 0 aliphatic carbocycles. The number of benzene rings is 1. The van der Waals surface area contributed by atoms with Crippen molar-refractivity contribution in [1.29, 1.82) is 0 Å². The van der Waals surface area contributed by atoms with E-state index in [1.807, 2.05) is 0 Å². The van der Waals surface area contributed by atoms with Crippen LogP contribution in [-0.2, 0) is 17.9 Å². The van der Waals surface area contributed by atoms with Crippen LogP contribution < -0.4 is 11.2 Å². The number of halogens is 2. The first-order valence-electron chi connectivity index (χ1n) is 9.88. The van der Waals surface area contributed by atoms with Crippen LogP contribution in [0.1, 0.15) is 31.2 Å². The second-order valence-electron chi connectivity index (χ2n) is 7.39. The Kier molecular flexibility index (Phi) is 6.06. The van der Waals surface area contributed by atoms with Crippen LogP contribution in [0.4, 0.5) is 4.39 Å². The number of likely N-dealkylation sites (tertiary alicyclic amines) is 1. The van der Waals surface area contributed by atoms with Crippen LogP contribution >= 0.6 is 22.9 Å². The Bertz CT molecular complexity index is 1210. The van der Waals surface area contributed by atoms with E-state index in [-0.39, 0.29) is 30.4 Å². The van der Waals surface area contributed by atoms with Gasteiger partial charge < -0.3 is 4.90 Å². The van der Waals surface area contributed by atoms with E-state index >= 15 is 0 Å². The van der Waals surface area contributed by atoms with Crippen LogP contribution in [0.15, 0.2) is 39.2 Å². The molecule has 158 valence electrons. The van der Waals surface area contributed by atoms with Gasteiger partial charge in [0.1, 0.15) is 10.5 Å². The van der Waals surface area contributed by atoms with Crippen molar-refractivity contribution in [2.24, 2.45) is 0 Å². The summed E-state index contributed by atoms with van der Waals surface area (Å²) in [6, 6.07) is 5.71. The third-order valence-corrected chi connectivity index (χ3v) is 6.68. The second-order valence-corrected chi connectivity index (χ2v) is 8.71. The van der Waals surface area contributed by atoms with E-state index in [1.165, 1.54) is 34.1 Å². The zero-order chi connectivity index (χ0) is 21.3. The summed E-state index contributed by atoms with van der Waals surface area (Å²) in [4.78, 5) is 40.3. The van der Waals surface area contributed by atoms with Crippen molar-refractivity contribution < 1.29 is 9.18 Å². The maximum atomic E-state index is 13.4. The van der Waals surface area contributed by atoms with E-state index in [1.54, 1.807) is 16.3 Å². The molecule has 1 aliphatic heterocycles. The number of hydrogen-bond donors (Lipinski definition) is 0. The number of fused-ring (bicyclic) bond motifs is 1. The molecule has 3 heterocycles. The highest BCUT2D eigenvalue weighted by Crippen LogP contribution is 2.21. The average Bonchev–Trinajstić information content (AvgIpc) is 3.23. The normalized spacial score (nSPS) is 14.4. The molecule has 4 rings (SSSR count). The summed E-state index contributed by atoms with van der Waals surface area (Å²) in [6.07, 6.45) is 3.19. The number of amides is 1. The smallest absolute Gasteiger partial charge is 0.331 e. The molecule has 0 saturated carbocycles. The van der Waals surface area contributed by atoms with E-state index in [4.69, 9.17) is 11.6 Å². The van der Waals surface area contributed by atoms with Gasteiger partial charge in [-0.1, -0.05) is 17.7 Å². The number of carbonyl (C=O) groups is 1. The Morgan fingerprint density at radius 2 is 1.87 bits per heavy atom. The van der Waals surface area contributed by atoms with E-state index in [9.17, 15) is 18.8 Å². The van der Waals surface area contributed by atoms with Crippen molar-refractivity contribution >= 4 is 39.1 Å². The van der Waals surface area contributed by atoms with Crippen molar-refractivity contribution in [2.45, 2.75) is 38.8 Å². The van der Waals surface area contributed by atoms with Gasteiger partial charge >= 0.3 is 5.69 Å². The third kappa shape index (κ3) is 4.06. The fourth-order valence-electron chi connectivity index (χ4n) is 3.81. The summed E-state index contributed by atoms with van der Waals surface area (Å²) in [7, 11) is 0. The Hall–Kier alpha value is -2.45. The molecule has 0 N–H and O–H groups in total. The molecule has 1 amide bonds. The van der Waals surface area contributed by atoms with Crippen LogP contribution in [0.5, 0.6) is 0 Å². The van der Waals surface area contributed by atoms with Crippen molar-refractivity contribution in [3.05, 3.63) is 66.9 Å². The first-order valence-corrected chi connectivity index (χ1v) is 11.1. The monoisotopic (exact) mass is 449 g/mol. The van der Waals surface area contributed by atoms with Crippen LogP contribution in [0.2, 0.25) is 5.02 Å². The molecule has 9 heteroatoms. The highest BCUT2D eigenvalue weighted by molar-refractivity contribution is 7.17. The number of aromatic nitrogens is 2. The first kappa shape index (κ1) is 20.8. The highest BCUT2D eigenvalue weighted by atomic mass is 35.5. The zero-order valence-corrected chi connectivity index (χ0v) is 17.8. The summed E-state index contributed by atoms with van der Waals surface area (Å²) in [6.45, 7) is 1.58. The topological polar surface area (TPSA) is 64.3 Å². The Labute approximate surface area is 181 Å².